The maximum absolute atomic E-state index is 13.1. The third kappa shape index (κ3) is 2.98. The number of aliphatic carboxylic acids is 1. The van der Waals surface area contributed by atoms with Gasteiger partial charge in [0.1, 0.15) is 6.04 Å². The first kappa shape index (κ1) is 17.1. The highest BCUT2D eigenvalue weighted by molar-refractivity contribution is 5.88. The van der Waals surface area contributed by atoms with Crippen LogP contribution in [0, 0.1) is 34.5 Å². The number of nitrogens with one attached hydrogen (secondary N) is 1. The van der Waals surface area contributed by atoms with E-state index in [9.17, 15) is 20.0 Å². The number of rotatable bonds is 5. The summed E-state index contributed by atoms with van der Waals surface area (Å²) in [5, 5.41) is 21.7. The molecule has 4 fully saturated rings. The second-order valence-electron chi connectivity index (χ2n) is 8.54. The molecule has 4 aliphatic carbocycles. The summed E-state index contributed by atoms with van der Waals surface area (Å²) >= 11 is 0. The van der Waals surface area contributed by atoms with Crippen molar-refractivity contribution in [2.24, 2.45) is 23.2 Å². The number of hydrogen-bond acceptors (Lipinski definition) is 3. The number of carboxylic acids is 1. The van der Waals surface area contributed by atoms with E-state index in [0.717, 1.165) is 19.3 Å². The van der Waals surface area contributed by atoms with E-state index in [1.54, 1.807) is 24.3 Å². The Morgan fingerprint density at radius 1 is 1.15 bits per heavy atom. The predicted molar refractivity (Wildman–Crippen MR) is 95.0 cm³/mol. The van der Waals surface area contributed by atoms with Crippen LogP contribution in [0.4, 0.5) is 0 Å². The molecule has 4 bridgehead atoms. The molecule has 0 spiro atoms. The molecule has 0 aliphatic heterocycles. The molecule has 1 atom stereocenters. The summed E-state index contributed by atoms with van der Waals surface area (Å²) in [6.45, 7) is 0. The SMILES string of the molecule is N#Cc1ccccc1C[C@H](NC(=O)C12CC3CC(CC(C3)C1)C2)C(=O)O. The number of carbonyl (C=O) groups is 2. The number of hydrogen-bond donors (Lipinski definition) is 2. The van der Waals surface area contributed by atoms with Crippen molar-refractivity contribution in [1.82, 2.24) is 5.32 Å². The van der Waals surface area contributed by atoms with Crippen molar-refractivity contribution < 1.29 is 14.7 Å². The topological polar surface area (TPSA) is 90.2 Å². The highest BCUT2D eigenvalue weighted by atomic mass is 16.4. The maximum atomic E-state index is 13.1. The van der Waals surface area contributed by atoms with E-state index in [1.807, 2.05) is 0 Å². The molecule has 5 heteroatoms. The minimum absolute atomic E-state index is 0.0848. The Morgan fingerprint density at radius 2 is 1.73 bits per heavy atom. The molecule has 4 aliphatic rings. The number of carboxylic acid groups (broad SMARTS) is 1. The van der Waals surface area contributed by atoms with Gasteiger partial charge >= 0.3 is 5.97 Å². The molecule has 136 valence electrons. The third-order valence-electron chi connectivity index (χ3n) is 6.69. The molecule has 0 radical (unpaired) electrons. The van der Waals surface area contributed by atoms with E-state index in [4.69, 9.17) is 0 Å². The van der Waals surface area contributed by atoms with Gasteiger partial charge in [-0.15, -0.1) is 0 Å². The lowest BCUT2D eigenvalue weighted by Gasteiger charge is -2.55. The number of benzene rings is 1. The smallest absolute Gasteiger partial charge is 0.326 e. The van der Waals surface area contributed by atoms with Crippen LogP contribution in [0.15, 0.2) is 24.3 Å². The van der Waals surface area contributed by atoms with Crippen molar-refractivity contribution in [1.29, 1.82) is 5.26 Å². The lowest BCUT2D eigenvalue weighted by Crippen LogP contribution is -2.56. The summed E-state index contributed by atoms with van der Waals surface area (Å²) in [5.74, 6) is 0.771. The van der Waals surface area contributed by atoms with Crippen LogP contribution in [0.2, 0.25) is 0 Å². The van der Waals surface area contributed by atoms with Crippen molar-refractivity contribution in [3.8, 4) is 6.07 Å². The summed E-state index contributed by atoms with van der Waals surface area (Å²) in [5.41, 5.74) is 0.757. The molecule has 1 aromatic rings. The minimum Gasteiger partial charge on any atom is -0.480 e. The van der Waals surface area contributed by atoms with Crippen LogP contribution in [0.1, 0.15) is 49.7 Å². The number of amides is 1. The number of nitrogens with zero attached hydrogens (tertiary/aromatic N) is 1. The van der Waals surface area contributed by atoms with Gasteiger partial charge in [-0.25, -0.2) is 4.79 Å². The Morgan fingerprint density at radius 3 is 2.27 bits per heavy atom. The lowest BCUT2D eigenvalue weighted by atomic mass is 9.49. The van der Waals surface area contributed by atoms with Gasteiger partial charge in [0.2, 0.25) is 5.91 Å². The first-order valence-corrected chi connectivity index (χ1v) is 9.51. The summed E-state index contributed by atoms with van der Waals surface area (Å²) < 4.78 is 0. The molecular weight excluding hydrogens is 328 g/mol. The normalized spacial score (nSPS) is 32.7. The molecule has 0 saturated heterocycles. The van der Waals surface area contributed by atoms with Gasteiger partial charge in [0, 0.05) is 11.8 Å². The molecule has 1 aromatic carbocycles. The van der Waals surface area contributed by atoms with Gasteiger partial charge in [-0.2, -0.15) is 5.26 Å². The number of nitriles is 1. The molecular formula is C21H24N2O3. The largest absolute Gasteiger partial charge is 0.480 e. The fourth-order valence-corrected chi connectivity index (χ4v) is 5.93. The van der Waals surface area contributed by atoms with Crippen molar-refractivity contribution in [3.63, 3.8) is 0 Å². The molecule has 5 nitrogen and oxygen atoms in total. The summed E-state index contributed by atoms with van der Waals surface area (Å²) in [6.07, 6.45) is 6.58. The Kier molecular flexibility index (Phi) is 4.22. The molecule has 4 saturated carbocycles. The van der Waals surface area contributed by atoms with E-state index in [0.29, 0.717) is 28.9 Å². The predicted octanol–water partition coefficient (Wildman–Crippen LogP) is 2.89. The second kappa shape index (κ2) is 6.42. The molecule has 0 aromatic heterocycles. The van der Waals surface area contributed by atoms with Crippen molar-refractivity contribution in [3.05, 3.63) is 35.4 Å². The van der Waals surface area contributed by atoms with Gasteiger partial charge in [0.05, 0.1) is 11.6 Å². The highest BCUT2D eigenvalue weighted by Crippen LogP contribution is 2.60. The quantitative estimate of drug-likeness (QED) is 0.852. The van der Waals surface area contributed by atoms with Gasteiger partial charge in [0.15, 0.2) is 0 Å². The fraction of sp³-hybridized carbons (Fsp3) is 0.571. The Bertz CT molecular complexity index is 744. The van der Waals surface area contributed by atoms with E-state index in [-0.39, 0.29) is 17.7 Å². The first-order chi connectivity index (χ1) is 12.5. The zero-order valence-corrected chi connectivity index (χ0v) is 14.8. The number of carbonyl (C=O) groups excluding carboxylic acids is 1. The highest BCUT2D eigenvalue weighted by Gasteiger charge is 2.54. The van der Waals surface area contributed by atoms with Crippen LogP contribution in [0.3, 0.4) is 0 Å². The van der Waals surface area contributed by atoms with Crippen LogP contribution in [0.5, 0.6) is 0 Å². The molecule has 5 rings (SSSR count). The van der Waals surface area contributed by atoms with Gasteiger partial charge in [-0.3, -0.25) is 4.79 Å². The van der Waals surface area contributed by atoms with Crippen molar-refractivity contribution in [2.75, 3.05) is 0 Å². The second-order valence-corrected chi connectivity index (χ2v) is 8.54. The standard InChI is InChI=1S/C21H24N2O3/c22-12-17-4-2-1-3-16(17)8-18(19(24)25)23-20(26)21-9-13-5-14(10-21)7-15(6-13)11-21/h1-4,13-15,18H,5-11H2,(H,23,26)(H,24,25)/t13?,14?,15?,18-,21?/m0/s1. The maximum Gasteiger partial charge on any atom is 0.326 e. The van der Waals surface area contributed by atoms with Crippen LogP contribution in [-0.2, 0) is 16.0 Å². The van der Waals surface area contributed by atoms with Gasteiger partial charge in [0.25, 0.3) is 0 Å². The van der Waals surface area contributed by atoms with Gasteiger partial charge in [-0.1, -0.05) is 18.2 Å². The molecule has 2 N–H and O–H groups in total. The Hall–Kier alpha value is -2.35. The molecule has 0 heterocycles. The van der Waals surface area contributed by atoms with Crippen molar-refractivity contribution >= 4 is 11.9 Å². The molecule has 0 unspecified atom stereocenters. The van der Waals surface area contributed by atoms with Crippen LogP contribution in [0.25, 0.3) is 0 Å². The zero-order chi connectivity index (χ0) is 18.3. The van der Waals surface area contributed by atoms with Crippen LogP contribution < -0.4 is 5.32 Å². The van der Waals surface area contributed by atoms with Gasteiger partial charge < -0.3 is 10.4 Å². The fourth-order valence-electron chi connectivity index (χ4n) is 5.93. The lowest BCUT2D eigenvalue weighted by molar-refractivity contribution is -0.151. The average Bonchev–Trinajstić information content (AvgIpc) is 2.60. The van der Waals surface area contributed by atoms with Crippen molar-refractivity contribution in [2.45, 2.75) is 51.0 Å². The van der Waals surface area contributed by atoms with Crippen LogP contribution >= 0.6 is 0 Å². The zero-order valence-electron chi connectivity index (χ0n) is 14.8. The van der Waals surface area contributed by atoms with E-state index in [2.05, 4.69) is 11.4 Å². The average molecular weight is 352 g/mol. The summed E-state index contributed by atoms with van der Waals surface area (Å²) in [7, 11) is 0. The Labute approximate surface area is 153 Å². The van der Waals surface area contributed by atoms with Crippen LogP contribution in [-0.4, -0.2) is 23.0 Å². The van der Waals surface area contributed by atoms with E-state index in [1.165, 1.54) is 19.3 Å². The summed E-state index contributed by atoms with van der Waals surface area (Å²) in [6, 6.07) is 8.08. The Balaban J connectivity index is 1.51. The minimum atomic E-state index is -1.05. The summed E-state index contributed by atoms with van der Waals surface area (Å²) in [4.78, 5) is 24.9. The van der Waals surface area contributed by atoms with Gasteiger partial charge in [-0.05, 0) is 67.9 Å². The third-order valence-corrected chi connectivity index (χ3v) is 6.69. The first-order valence-electron chi connectivity index (χ1n) is 9.51. The van der Waals surface area contributed by atoms with E-state index < -0.39 is 12.0 Å². The molecule has 26 heavy (non-hydrogen) atoms. The van der Waals surface area contributed by atoms with E-state index >= 15 is 0 Å². The monoisotopic (exact) mass is 352 g/mol. The molecule has 1 amide bonds.